The molecule has 0 heterocycles. The van der Waals surface area contributed by atoms with Gasteiger partial charge in [0.1, 0.15) is 0 Å². The van der Waals surface area contributed by atoms with E-state index in [9.17, 15) is 10.2 Å². The summed E-state index contributed by atoms with van der Waals surface area (Å²) in [6.07, 6.45) is 4.94. The van der Waals surface area contributed by atoms with E-state index in [4.69, 9.17) is 9.47 Å². The third-order valence-electron chi connectivity index (χ3n) is 8.19. The maximum absolute atomic E-state index is 10.5. The van der Waals surface area contributed by atoms with E-state index in [2.05, 4.69) is 69.2 Å². The summed E-state index contributed by atoms with van der Waals surface area (Å²) < 4.78 is 11.5. The second kappa shape index (κ2) is 15.0. The molecule has 0 saturated heterocycles. The molecule has 0 spiro atoms. The smallest absolute Gasteiger partial charge is 0.0947 e. The molecule has 0 aromatic heterocycles. The van der Waals surface area contributed by atoms with Gasteiger partial charge in [-0.25, -0.2) is 0 Å². The van der Waals surface area contributed by atoms with Gasteiger partial charge in [-0.15, -0.1) is 0 Å². The van der Waals surface area contributed by atoms with Crippen LogP contribution in [0.5, 0.6) is 0 Å². The Morgan fingerprint density at radius 1 is 0.686 bits per heavy atom. The van der Waals surface area contributed by atoms with Gasteiger partial charge in [0.2, 0.25) is 0 Å². The fraction of sp³-hybridized carbons (Fsp3) is 0.933. The molecular weight excluding hydrogens is 438 g/mol. The SMILES string of the molecule is CC(C)=CN(CC(O)COCCCC(C)(C)C(C)(C)C)CC(O)COCCCC(C)(C)C(C)(C)C. The number of allylic oxidation sites excluding steroid dienone is 1. The minimum atomic E-state index is -0.603. The predicted octanol–water partition coefficient (Wildman–Crippen LogP) is 6.67. The first-order valence-electron chi connectivity index (χ1n) is 13.7. The number of hydrogen-bond acceptors (Lipinski definition) is 5. The Morgan fingerprint density at radius 2 is 1.03 bits per heavy atom. The first-order valence-corrected chi connectivity index (χ1v) is 13.7. The van der Waals surface area contributed by atoms with Crippen molar-refractivity contribution in [1.82, 2.24) is 4.90 Å². The Morgan fingerprint density at radius 3 is 1.31 bits per heavy atom. The Labute approximate surface area is 218 Å². The van der Waals surface area contributed by atoms with E-state index in [0.29, 0.717) is 39.5 Å². The van der Waals surface area contributed by atoms with Gasteiger partial charge >= 0.3 is 0 Å². The van der Waals surface area contributed by atoms with Gasteiger partial charge in [0.05, 0.1) is 25.4 Å². The Bertz CT molecular complexity index is 550. The zero-order valence-corrected chi connectivity index (χ0v) is 25.5. The van der Waals surface area contributed by atoms with Gasteiger partial charge in [0.15, 0.2) is 0 Å². The van der Waals surface area contributed by atoms with Crippen molar-refractivity contribution in [2.45, 2.75) is 121 Å². The highest BCUT2D eigenvalue weighted by atomic mass is 16.5. The number of hydrogen-bond donors (Lipinski definition) is 2. The van der Waals surface area contributed by atoms with Crippen molar-refractivity contribution in [2.24, 2.45) is 21.7 Å². The number of aliphatic hydroxyl groups excluding tert-OH is 2. The molecular formula is C30H61NO4. The van der Waals surface area contributed by atoms with E-state index in [1.807, 2.05) is 24.9 Å². The lowest BCUT2D eigenvalue weighted by Crippen LogP contribution is -2.38. The largest absolute Gasteiger partial charge is 0.389 e. The molecule has 5 heteroatoms. The molecule has 2 atom stereocenters. The molecule has 0 aliphatic carbocycles. The molecule has 0 rings (SSSR count). The molecule has 0 fully saturated rings. The average Bonchev–Trinajstić information content (AvgIpc) is 2.64. The van der Waals surface area contributed by atoms with Gasteiger partial charge in [0.25, 0.3) is 0 Å². The van der Waals surface area contributed by atoms with Crippen LogP contribution in [0.15, 0.2) is 11.8 Å². The van der Waals surface area contributed by atoms with Crippen LogP contribution in [-0.2, 0) is 9.47 Å². The predicted molar refractivity (Wildman–Crippen MR) is 150 cm³/mol. The Balaban J connectivity index is 4.37. The van der Waals surface area contributed by atoms with E-state index in [1.54, 1.807) is 0 Å². The van der Waals surface area contributed by atoms with Crippen LogP contribution >= 0.6 is 0 Å². The molecule has 0 aliphatic heterocycles. The highest BCUT2D eigenvalue weighted by Crippen LogP contribution is 2.42. The minimum Gasteiger partial charge on any atom is -0.389 e. The minimum absolute atomic E-state index is 0.246. The van der Waals surface area contributed by atoms with Crippen LogP contribution in [0.2, 0.25) is 0 Å². The molecule has 0 bridgehead atoms. The van der Waals surface area contributed by atoms with Crippen LogP contribution < -0.4 is 0 Å². The van der Waals surface area contributed by atoms with Crippen molar-refractivity contribution < 1.29 is 19.7 Å². The van der Waals surface area contributed by atoms with E-state index in [1.165, 1.54) is 0 Å². The summed E-state index contributed by atoms with van der Waals surface area (Å²) in [6.45, 7) is 29.7. The molecule has 5 nitrogen and oxygen atoms in total. The highest BCUT2D eigenvalue weighted by molar-refractivity contribution is 4.94. The van der Waals surface area contributed by atoms with Gasteiger partial charge < -0.3 is 24.6 Å². The van der Waals surface area contributed by atoms with E-state index >= 15 is 0 Å². The molecule has 2 N–H and O–H groups in total. The summed E-state index contributed by atoms with van der Waals surface area (Å²) in [5.74, 6) is 0. The first-order chi connectivity index (χ1) is 15.8. The molecule has 35 heavy (non-hydrogen) atoms. The summed E-state index contributed by atoms with van der Waals surface area (Å²) in [6, 6.07) is 0. The first kappa shape index (κ1) is 34.4. The highest BCUT2D eigenvalue weighted by Gasteiger charge is 2.32. The maximum Gasteiger partial charge on any atom is 0.0947 e. The fourth-order valence-electron chi connectivity index (χ4n) is 3.61. The van der Waals surface area contributed by atoms with Crippen LogP contribution in [0.3, 0.4) is 0 Å². The molecule has 0 aromatic carbocycles. The topological polar surface area (TPSA) is 62.2 Å². The van der Waals surface area contributed by atoms with Crippen LogP contribution in [0.25, 0.3) is 0 Å². The molecule has 0 amide bonds. The summed E-state index contributed by atoms with van der Waals surface area (Å²) in [5, 5.41) is 21.0. The summed E-state index contributed by atoms with van der Waals surface area (Å²) in [5.41, 5.74) is 2.13. The fourth-order valence-corrected chi connectivity index (χ4v) is 3.61. The second-order valence-corrected chi connectivity index (χ2v) is 14.1. The third-order valence-corrected chi connectivity index (χ3v) is 8.19. The van der Waals surface area contributed by atoms with E-state index in [0.717, 1.165) is 31.3 Å². The summed E-state index contributed by atoms with van der Waals surface area (Å²) in [4.78, 5) is 1.98. The Hall–Kier alpha value is -0.620. The number of nitrogens with zero attached hydrogens (tertiary/aromatic N) is 1. The lowest BCUT2D eigenvalue weighted by atomic mass is 9.67. The van der Waals surface area contributed by atoms with Gasteiger partial charge in [-0.3, -0.25) is 0 Å². The lowest BCUT2D eigenvalue weighted by molar-refractivity contribution is -0.00473. The van der Waals surface area contributed by atoms with Crippen molar-refractivity contribution >= 4 is 0 Å². The zero-order valence-electron chi connectivity index (χ0n) is 25.5. The van der Waals surface area contributed by atoms with Crippen LogP contribution in [0.1, 0.15) is 109 Å². The third kappa shape index (κ3) is 14.6. The van der Waals surface area contributed by atoms with Crippen LogP contribution in [0, 0.1) is 21.7 Å². The van der Waals surface area contributed by atoms with Crippen molar-refractivity contribution in [3.8, 4) is 0 Å². The summed E-state index contributed by atoms with van der Waals surface area (Å²) >= 11 is 0. The molecule has 2 unspecified atom stereocenters. The van der Waals surface area contributed by atoms with Crippen LogP contribution in [-0.4, -0.2) is 66.8 Å². The molecule has 0 aliphatic rings. The standard InChI is InChI=1S/C30H61NO4/c1-24(2)19-31(20-25(32)22-34-17-13-15-29(9,10)27(3,4)5)21-26(33)23-35-18-14-16-30(11,12)28(6,7)8/h19,25-26,32-33H,13-18,20-23H2,1-12H3. The molecule has 0 aromatic rings. The number of ether oxygens (including phenoxy) is 2. The lowest BCUT2D eigenvalue weighted by Gasteiger charge is -2.39. The van der Waals surface area contributed by atoms with Gasteiger partial charge in [-0.05, 0) is 67.4 Å². The van der Waals surface area contributed by atoms with E-state index in [-0.39, 0.29) is 21.7 Å². The van der Waals surface area contributed by atoms with Gasteiger partial charge in [-0.1, -0.05) is 74.8 Å². The zero-order chi connectivity index (χ0) is 27.5. The molecule has 0 saturated carbocycles. The normalized spacial score (nSPS) is 15.1. The van der Waals surface area contributed by atoms with Gasteiger partial charge in [0, 0.05) is 26.3 Å². The number of rotatable bonds is 17. The number of aliphatic hydroxyl groups is 2. The Kier molecular flexibility index (Phi) is 14.7. The quantitative estimate of drug-likeness (QED) is 0.219. The average molecular weight is 500 g/mol. The van der Waals surface area contributed by atoms with Crippen molar-refractivity contribution in [1.29, 1.82) is 0 Å². The summed E-state index contributed by atoms with van der Waals surface area (Å²) in [7, 11) is 0. The second-order valence-electron chi connectivity index (χ2n) is 14.1. The van der Waals surface area contributed by atoms with Crippen molar-refractivity contribution in [3.05, 3.63) is 11.8 Å². The van der Waals surface area contributed by atoms with Crippen molar-refractivity contribution in [3.63, 3.8) is 0 Å². The maximum atomic E-state index is 10.5. The van der Waals surface area contributed by atoms with Crippen molar-refractivity contribution in [2.75, 3.05) is 39.5 Å². The molecule has 210 valence electrons. The van der Waals surface area contributed by atoms with Gasteiger partial charge in [-0.2, -0.15) is 0 Å². The van der Waals surface area contributed by atoms with Crippen LogP contribution in [0.4, 0.5) is 0 Å². The molecule has 0 radical (unpaired) electrons. The van der Waals surface area contributed by atoms with E-state index < -0.39 is 12.2 Å². The monoisotopic (exact) mass is 499 g/mol.